The fourth-order valence-electron chi connectivity index (χ4n) is 3.27. The highest BCUT2D eigenvalue weighted by atomic mass is 32.1. The summed E-state index contributed by atoms with van der Waals surface area (Å²) in [5.74, 6) is -0.479. The summed E-state index contributed by atoms with van der Waals surface area (Å²) in [7, 11) is 0. The standard InChI is InChI=1S/C27H24N2O3S/c30-26(23-14-15-33-19-23)29-25-9-5-4-8-24(25)27(31)28-16-20-10-12-22(13-11-20)18-32-17-21-6-2-1-3-7-21/h1-15,19H,16-18H2,(H,28,31)(H,29,30). The molecule has 0 bridgehead atoms. The Balaban J connectivity index is 1.29. The van der Waals surface area contributed by atoms with E-state index in [4.69, 9.17) is 4.74 Å². The first-order chi connectivity index (χ1) is 16.2. The van der Waals surface area contributed by atoms with Crippen LogP contribution in [0.2, 0.25) is 0 Å². The molecule has 3 aromatic carbocycles. The average molecular weight is 457 g/mol. The first kappa shape index (κ1) is 22.5. The molecule has 166 valence electrons. The van der Waals surface area contributed by atoms with Crippen LogP contribution < -0.4 is 10.6 Å². The van der Waals surface area contributed by atoms with Crippen molar-refractivity contribution in [3.8, 4) is 0 Å². The molecule has 0 saturated carbocycles. The van der Waals surface area contributed by atoms with E-state index < -0.39 is 0 Å². The normalized spacial score (nSPS) is 10.5. The number of benzene rings is 3. The fraction of sp³-hybridized carbons (Fsp3) is 0.111. The van der Waals surface area contributed by atoms with E-state index in [2.05, 4.69) is 10.6 Å². The molecule has 1 aromatic heterocycles. The van der Waals surface area contributed by atoms with E-state index in [9.17, 15) is 9.59 Å². The zero-order valence-electron chi connectivity index (χ0n) is 18.0. The van der Waals surface area contributed by atoms with E-state index in [0.29, 0.717) is 36.6 Å². The van der Waals surface area contributed by atoms with Crippen molar-refractivity contribution in [1.29, 1.82) is 0 Å². The van der Waals surface area contributed by atoms with E-state index in [-0.39, 0.29) is 11.8 Å². The number of thiophene rings is 1. The summed E-state index contributed by atoms with van der Waals surface area (Å²) >= 11 is 1.45. The van der Waals surface area contributed by atoms with Crippen molar-refractivity contribution in [2.24, 2.45) is 0 Å². The summed E-state index contributed by atoms with van der Waals surface area (Å²) in [5.41, 5.74) is 4.67. The van der Waals surface area contributed by atoms with Gasteiger partial charge in [0.2, 0.25) is 0 Å². The van der Waals surface area contributed by atoms with Crippen LogP contribution in [0, 0.1) is 0 Å². The van der Waals surface area contributed by atoms with Crippen LogP contribution in [0.3, 0.4) is 0 Å². The first-order valence-corrected chi connectivity index (χ1v) is 11.5. The Labute approximate surface area is 197 Å². The zero-order valence-corrected chi connectivity index (χ0v) is 18.8. The van der Waals surface area contributed by atoms with Gasteiger partial charge in [-0.15, -0.1) is 0 Å². The van der Waals surface area contributed by atoms with Crippen molar-refractivity contribution in [3.05, 3.63) is 124 Å². The third-order valence-corrected chi connectivity index (χ3v) is 5.74. The van der Waals surface area contributed by atoms with Crippen molar-refractivity contribution in [3.63, 3.8) is 0 Å². The fourth-order valence-corrected chi connectivity index (χ4v) is 3.91. The number of nitrogens with one attached hydrogen (secondary N) is 2. The van der Waals surface area contributed by atoms with Crippen LogP contribution in [0.5, 0.6) is 0 Å². The molecular formula is C27H24N2O3S. The van der Waals surface area contributed by atoms with Crippen molar-refractivity contribution < 1.29 is 14.3 Å². The molecule has 4 aromatic rings. The van der Waals surface area contributed by atoms with E-state index in [1.807, 2.05) is 60.0 Å². The van der Waals surface area contributed by atoms with Crippen molar-refractivity contribution in [1.82, 2.24) is 5.32 Å². The summed E-state index contributed by atoms with van der Waals surface area (Å²) in [6.45, 7) is 1.48. The lowest BCUT2D eigenvalue weighted by atomic mass is 10.1. The smallest absolute Gasteiger partial charge is 0.256 e. The monoisotopic (exact) mass is 456 g/mol. The maximum atomic E-state index is 12.8. The second-order valence-corrected chi connectivity index (χ2v) is 8.27. The number of rotatable bonds is 9. The molecule has 2 N–H and O–H groups in total. The van der Waals surface area contributed by atoms with E-state index in [0.717, 1.165) is 16.7 Å². The molecule has 4 rings (SSSR count). The minimum atomic E-state index is -0.244. The molecular weight excluding hydrogens is 432 g/mol. The van der Waals surface area contributed by atoms with Crippen molar-refractivity contribution in [2.75, 3.05) is 5.32 Å². The Morgan fingerprint density at radius 1 is 0.727 bits per heavy atom. The van der Waals surface area contributed by atoms with E-state index >= 15 is 0 Å². The van der Waals surface area contributed by atoms with E-state index in [1.54, 1.807) is 35.7 Å². The maximum absolute atomic E-state index is 12.8. The van der Waals surface area contributed by atoms with Crippen LogP contribution in [-0.2, 0) is 24.5 Å². The molecule has 2 amide bonds. The second-order valence-electron chi connectivity index (χ2n) is 7.49. The van der Waals surface area contributed by atoms with Crippen molar-refractivity contribution in [2.45, 2.75) is 19.8 Å². The van der Waals surface area contributed by atoms with Gasteiger partial charge >= 0.3 is 0 Å². The molecule has 0 aliphatic rings. The number of carbonyl (C=O) groups is 2. The molecule has 6 heteroatoms. The molecule has 33 heavy (non-hydrogen) atoms. The lowest BCUT2D eigenvalue weighted by Crippen LogP contribution is -2.24. The Morgan fingerprint density at radius 3 is 2.12 bits per heavy atom. The van der Waals surface area contributed by atoms with Crippen molar-refractivity contribution >= 4 is 28.8 Å². The Kier molecular flexibility index (Phi) is 7.64. The summed E-state index contributed by atoms with van der Waals surface area (Å²) < 4.78 is 5.77. The molecule has 0 saturated heterocycles. The Bertz CT molecular complexity index is 1190. The SMILES string of the molecule is O=C(Nc1ccccc1C(=O)NCc1ccc(COCc2ccccc2)cc1)c1ccsc1. The van der Waals surface area contributed by atoms with Crippen LogP contribution in [0.1, 0.15) is 37.4 Å². The van der Waals surface area contributed by atoms with Gasteiger partial charge in [0.15, 0.2) is 0 Å². The molecule has 0 unspecified atom stereocenters. The molecule has 0 radical (unpaired) electrons. The summed E-state index contributed by atoms with van der Waals surface area (Å²) in [5, 5.41) is 9.37. The highest BCUT2D eigenvalue weighted by molar-refractivity contribution is 7.08. The Morgan fingerprint density at radius 2 is 1.39 bits per heavy atom. The molecule has 1 heterocycles. The number of ether oxygens (including phenoxy) is 1. The number of hydrogen-bond donors (Lipinski definition) is 2. The lowest BCUT2D eigenvalue weighted by Gasteiger charge is -2.11. The van der Waals surface area contributed by atoms with Gasteiger partial charge in [-0.25, -0.2) is 0 Å². The summed E-state index contributed by atoms with van der Waals surface area (Å²) in [6, 6.07) is 26.8. The van der Waals surface area contributed by atoms with Gasteiger partial charge < -0.3 is 15.4 Å². The van der Waals surface area contributed by atoms with Gasteiger partial charge in [0.1, 0.15) is 0 Å². The van der Waals surface area contributed by atoms with Crippen LogP contribution in [0.4, 0.5) is 5.69 Å². The van der Waals surface area contributed by atoms with Gasteiger partial charge in [-0.2, -0.15) is 11.3 Å². The predicted octanol–water partition coefficient (Wildman–Crippen LogP) is 5.65. The molecule has 0 fully saturated rings. The number of para-hydroxylation sites is 1. The van der Waals surface area contributed by atoms with Crippen LogP contribution in [0.15, 0.2) is 95.7 Å². The van der Waals surface area contributed by atoms with Gasteiger partial charge in [0.05, 0.1) is 30.0 Å². The van der Waals surface area contributed by atoms with Crippen LogP contribution >= 0.6 is 11.3 Å². The first-order valence-electron chi connectivity index (χ1n) is 10.6. The second kappa shape index (κ2) is 11.2. The van der Waals surface area contributed by atoms with Crippen LogP contribution in [-0.4, -0.2) is 11.8 Å². The van der Waals surface area contributed by atoms with Gasteiger partial charge in [-0.1, -0.05) is 66.7 Å². The molecule has 0 aliphatic carbocycles. The highest BCUT2D eigenvalue weighted by Crippen LogP contribution is 2.17. The number of anilines is 1. The molecule has 0 atom stereocenters. The highest BCUT2D eigenvalue weighted by Gasteiger charge is 2.14. The van der Waals surface area contributed by atoms with Gasteiger partial charge in [-0.3, -0.25) is 9.59 Å². The number of amides is 2. The third-order valence-electron chi connectivity index (χ3n) is 5.06. The zero-order chi connectivity index (χ0) is 22.9. The maximum Gasteiger partial charge on any atom is 0.256 e. The Hall–Kier alpha value is -3.74. The van der Waals surface area contributed by atoms with Gasteiger partial charge in [-0.05, 0) is 40.3 Å². The molecule has 0 spiro atoms. The minimum absolute atomic E-state index is 0.235. The quantitative estimate of drug-likeness (QED) is 0.342. The predicted molar refractivity (Wildman–Crippen MR) is 131 cm³/mol. The molecule has 5 nitrogen and oxygen atoms in total. The largest absolute Gasteiger partial charge is 0.372 e. The summed E-state index contributed by atoms with van der Waals surface area (Å²) in [4.78, 5) is 25.1. The molecule has 0 aliphatic heterocycles. The third kappa shape index (κ3) is 6.38. The topological polar surface area (TPSA) is 67.4 Å². The van der Waals surface area contributed by atoms with Crippen LogP contribution in [0.25, 0.3) is 0 Å². The lowest BCUT2D eigenvalue weighted by molar-refractivity contribution is 0.0951. The average Bonchev–Trinajstić information content (AvgIpc) is 3.40. The number of carbonyl (C=O) groups excluding carboxylic acids is 2. The van der Waals surface area contributed by atoms with Gasteiger partial charge in [0, 0.05) is 11.9 Å². The van der Waals surface area contributed by atoms with Gasteiger partial charge in [0.25, 0.3) is 11.8 Å². The minimum Gasteiger partial charge on any atom is -0.372 e. The number of hydrogen-bond acceptors (Lipinski definition) is 4. The summed E-state index contributed by atoms with van der Waals surface area (Å²) in [6.07, 6.45) is 0. The van der Waals surface area contributed by atoms with E-state index in [1.165, 1.54) is 11.3 Å².